The largest absolute Gasteiger partial charge is 0.496 e. The zero-order chi connectivity index (χ0) is 35.2. The first kappa shape index (κ1) is 35.7. The summed E-state index contributed by atoms with van der Waals surface area (Å²) in [7, 11) is 0. The zero-order valence-corrected chi connectivity index (χ0v) is 30.1. The Hall–Kier alpha value is -4.72. The summed E-state index contributed by atoms with van der Waals surface area (Å²) in [6.45, 7) is 9.10. The molecule has 6 heteroatoms. The van der Waals surface area contributed by atoms with E-state index in [1.807, 2.05) is 0 Å². The highest BCUT2D eigenvalue weighted by molar-refractivity contribution is 6.00. The topological polar surface area (TPSA) is 43.4 Å². The molecule has 52 heavy (non-hydrogen) atoms. The van der Waals surface area contributed by atoms with Crippen LogP contribution in [0.3, 0.4) is 0 Å². The van der Waals surface area contributed by atoms with E-state index in [0.717, 1.165) is 63.6 Å². The molecule has 3 aliphatic rings. The van der Waals surface area contributed by atoms with Gasteiger partial charge in [0, 0.05) is 52.1 Å². The normalized spacial score (nSPS) is 18.1. The van der Waals surface area contributed by atoms with Crippen LogP contribution in [-0.4, -0.2) is 88.7 Å². The van der Waals surface area contributed by atoms with E-state index in [1.165, 1.54) is 44.5 Å². The van der Waals surface area contributed by atoms with Crippen LogP contribution in [0, 0.1) is 0 Å². The van der Waals surface area contributed by atoms with Crippen molar-refractivity contribution in [1.82, 2.24) is 9.80 Å². The molecule has 268 valence electrons. The minimum Gasteiger partial charge on any atom is -0.496 e. The summed E-state index contributed by atoms with van der Waals surface area (Å²) >= 11 is 0. The second-order valence-corrected chi connectivity index (χ2v) is 13.4. The van der Waals surface area contributed by atoms with Gasteiger partial charge in [0.25, 0.3) is 0 Å². The maximum absolute atomic E-state index is 6.40. The number of hydrogen-bond donors (Lipinski definition) is 0. The third-order valence-corrected chi connectivity index (χ3v) is 9.97. The Labute approximate surface area is 309 Å². The molecule has 0 amide bonds. The second-order valence-electron chi connectivity index (χ2n) is 13.4. The van der Waals surface area contributed by atoms with Gasteiger partial charge < -0.3 is 18.9 Å². The monoisotopic (exact) mass is 694 g/mol. The van der Waals surface area contributed by atoms with E-state index >= 15 is 0 Å². The number of ether oxygens (including phenoxy) is 4. The summed E-state index contributed by atoms with van der Waals surface area (Å²) in [6.07, 6.45) is 6.06. The van der Waals surface area contributed by atoms with Crippen LogP contribution in [0.15, 0.2) is 145 Å². The summed E-state index contributed by atoms with van der Waals surface area (Å²) in [6, 6.07) is 42.5. The highest BCUT2D eigenvalue weighted by atomic mass is 16.5. The van der Waals surface area contributed by atoms with Crippen LogP contribution in [0.5, 0.6) is 0 Å². The van der Waals surface area contributed by atoms with E-state index in [-0.39, 0.29) is 0 Å². The van der Waals surface area contributed by atoms with Gasteiger partial charge in [0.2, 0.25) is 0 Å². The van der Waals surface area contributed by atoms with Gasteiger partial charge in [-0.2, -0.15) is 0 Å². The molecule has 0 bridgehead atoms. The smallest absolute Gasteiger partial charge is 0.101 e. The van der Waals surface area contributed by atoms with Crippen LogP contribution in [0.2, 0.25) is 0 Å². The Kier molecular flexibility index (Phi) is 12.8. The van der Waals surface area contributed by atoms with Crippen LogP contribution in [0.25, 0.3) is 22.3 Å². The zero-order valence-electron chi connectivity index (χ0n) is 30.1. The summed E-state index contributed by atoms with van der Waals surface area (Å²) in [5.74, 6) is 2.05. The van der Waals surface area contributed by atoms with Gasteiger partial charge in [0.05, 0.1) is 26.4 Å². The average Bonchev–Trinajstić information content (AvgIpc) is 3.83. The molecule has 4 aromatic rings. The molecule has 0 aromatic heterocycles. The Morgan fingerprint density at radius 3 is 1.10 bits per heavy atom. The third kappa shape index (κ3) is 9.78. The molecule has 6 nitrogen and oxygen atoms in total. The number of nitrogens with zero attached hydrogens (tertiary/aromatic N) is 2. The standard InChI is InChI=1S/C46H50N2O4/c1-5-13-37(14-6-1)43-33-41(34-44(43)38-15-7-2-8-16-38)51-31-25-47-21-27-49-29-23-48(24-30-50-28-22-47)26-32-52-42-35-45(39-17-9-3-10-18-39)46(36-42)40-19-11-4-12-20-40/h1-20,33,35H,21-32,34,36H2. The lowest BCUT2D eigenvalue weighted by atomic mass is 9.97. The maximum atomic E-state index is 6.40. The Balaban J connectivity index is 0.848. The van der Waals surface area contributed by atoms with E-state index in [4.69, 9.17) is 18.9 Å². The molecule has 0 radical (unpaired) electrons. The maximum Gasteiger partial charge on any atom is 0.101 e. The van der Waals surface area contributed by atoms with Gasteiger partial charge in [0.1, 0.15) is 24.7 Å². The van der Waals surface area contributed by atoms with Crippen molar-refractivity contribution in [2.75, 3.05) is 78.9 Å². The van der Waals surface area contributed by atoms with E-state index in [9.17, 15) is 0 Å². The molecule has 7 rings (SSSR count). The summed E-state index contributed by atoms with van der Waals surface area (Å²) in [5, 5.41) is 0. The lowest BCUT2D eigenvalue weighted by molar-refractivity contribution is 0.0275. The molecule has 1 saturated heterocycles. The van der Waals surface area contributed by atoms with Crippen LogP contribution in [0.1, 0.15) is 35.1 Å². The van der Waals surface area contributed by atoms with Crippen molar-refractivity contribution in [2.24, 2.45) is 0 Å². The van der Waals surface area contributed by atoms with Crippen molar-refractivity contribution in [3.63, 3.8) is 0 Å². The van der Waals surface area contributed by atoms with Crippen molar-refractivity contribution >= 4 is 22.3 Å². The highest BCUT2D eigenvalue weighted by Gasteiger charge is 2.22. The molecular formula is C46H50N2O4. The van der Waals surface area contributed by atoms with Crippen LogP contribution >= 0.6 is 0 Å². The highest BCUT2D eigenvalue weighted by Crippen LogP contribution is 2.40. The van der Waals surface area contributed by atoms with Gasteiger partial charge >= 0.3 is 0 Å². The predicted molar refractivity (Wildman–Crippen MR) is 211 cm³/mol. The van der Waals surface area contributed by atoms with Gasteiger partial charge in [-0.25, -0.2) is 0 Å². The fourth-order valence-corrected chi connectivity index (χ4v) is 7.13. The van der Waals surface area contributed by atoms with Crippen LogP contribution < -0.4 is 0 Å². The Morgan fingerprint density at radius 1 is 0.423 bits per heavy atom. The first-order valence-electron chi connectivity index (χ1n) is 18.7. The van der Waals surface area contributed by atoms with Crippen molar-refractivity contribution in [1.29, 1.82) is 0 Å². The number of rotatable bonds is 12. The van der Waals surface area contributed by atoms with Gasteiger partial charge in [-0.05, 0) is 56.7 Å². The predicted octanol–water partition coefficient (Wildman–Crippen LogP) is 8.47. The molecule has 0 N–H and O–H groups in total. The van der Waals surface area contributed by atoms with E-state index in [1.54, 1.807) is 0 Å². The lowest BCUT2D eigenvalue weighted by Gasteiger charge is -2.26. The average molecular weight is 695 g/mol. The van der Waals surface area contributed by atoms with Crippen LogP contribution in [0.4, 0.5) is 0 Å². The first-order valence-corrected chi connectivity index (χ1v) is 18.7. The van der Waals surface area contributed by atoms with E-state index in [0.29, 0.717) is 39.6 Å². The molecule has 4 aromatic carbocycles. The minimum atomic E-state index is 0.634. The number of benzene rings is 4. The number of hydrogen-bond acceptors (Lipinski definition) is 6. The summed E-state index contributed by atoms with van der Waals surface area (Å²) in [5.41, 5.74) is 10.1. The molecule has 1 aliphatic heterocycles. The van der Waals surface area contributed by atoms with Gasteiger partial charge in [-0.3, -0.25) is 9.80 Å². The third-order valence-electron chi connectivity index (χ3n) is 9.97. The second kappa shape index (κ2) is 18.7. The van der Waals surface area contributed by atoms with Gasteiger partial charge in [-0.15, -0.1) is 0 Å². The van der Waals surface area contributed by atoms with E-state index in [2.05, 4.69) is 143 Å². The van der Waals surface area contributed by atoms with Crippen molar-refractivity contribution in [2.45, 2.75) is 12.8 Å². The fraction of sp³-hybridized carbons (Fsp3) is 0.304. The molecule has 0 saturated carbocycles. The lowest BCUT2D eigenvalue weighted by Crippen LogP contribution is -2.38. The van der Waals surface area contributed by atoms with Crippen molar-refractivity contribution in [3.05, 3.63) is 167 Å². The van der Waals surface area contributed by atoms with Crippen LogP contribution in [-0.2, 0) is 18.9 Å². The van der Waals surface area contributed by atoms with Crippen molar-refractivity contribution < 1.29 is 18.9 Å². The molecule has 0 atom stereocenters. The molecule has 2 aliphatic carbocycles. The minimum absolute atomic E-state index is 0.634. The Morgan fingerprint density at radius 2 is 0.750 bits per heavy atom. The molecule has 1 heterocycles. The summed E-state index contributed by atoms with van der Waals surface area (Å²) in [4.78, 5) is 4.78. The van der Waals surface area contributed by atoms with E-state index < -0.39 is 0 Å². The molecule has 0 unspecified atom stereocenters. The first-order chi connectivity index (χ1) is 25.8. The Bertz CT molecular complexity index is 1690. The quantitative estimate of drug-likeness (QED) is 0.148. The molecule has 1 fully saturated rings. The molecule has 0 spiro atoms. The summed E-state index contributed by atoms with van der Waals surface area (Å²) < 4.78 is 25.1. The van der Waals surface area contributed by atoms with Crippen molar-refractivity contribution in [3.8, 4) is 0 Å². The van der Waals surface area contributed by atoms with Gasteiger partial charge in [0.15, 0.2) is 0 Å². The SMILES string of the molecule is C1=C(OCCN2CCOCCN(CCOC3=CC(c4ccccc4)=C(c4ccccc4)C3)CCOCC2)CC(c2ccccc2)=C1c1ccccc1. The number of allylic oxidation sites excluding steroid dienone is 6. The fourth-order valence-electron chi connectivity index (χ4n) is 7.13. The van der Waals surface area contributed by atoms with Gasteiger partial charge in [-0.1, -0.05) is 121 Å². The molecular weight excluding hydrogens is 645 g/mol.